The number of alkyl halides is 6. The summed E-state index contributed by atoms with van der Waals surface area (Å²) in [7, 11) is 1.28. The van der Waals surface area contributed by atoms with Gasteiger partial charge in [0, 0.05) is 28.7 Å². The lowest BCUT2D eigenvalue weighted by Gasteiger charge is -2.27. The summed E-state index contributed by atoms with van der Waals surface area (Å²) in [6, 6.07) is 6.50. The minimum Gasteiger partial charge on any atom is -0.758 e. The molecule has 2 aromatic carbocycles. The maximum atomic E-state index is 13.1. The number of amides is 1. The summed E-state index contributed by atoms with van der Waals surface area (Å²) < 4.78 is 84.5. The number of hydroxylamine groups is 2. The minimum atomic E-state index is -5.08. The molecule has 1 heterocycles. The zero-order chi connectivity index (χ0) is 27.7. The first-order valence-corrected chi connectivity index (χ1v) is 10.5. The van der Waals surface area contributed by atoms with Crippen LogP contribution < -0.4 is 10.1 Å². The van der Waals surface area contributed by atoms with Gasteiger partial charge < -0.3 is 20.3 Å². The number of ether oxygens (including phenoxy) is 1. The Bertz CT molecular complexity index is 1320. The average molecular weight is 524 g/mol. The molecule has 0 aliphatic carbocycles. The van der Waals surface area contributed by atoms with E-state index in [4.69, 9.17) is 4.74 Å². The summed E-state index contributed by atoms with van der Waals surface area (Å²) in [6.07, 6.45) is -8.72. The second kappa shape index (κ2) is 10.1. The highest BCUT2D eigenvalue weighted by Gasteiger charge is 2.37. The number of aromatic nitrogens is 1. The maximum absolute atomic E-state index is 13.1. The smallest absolute Gasteiger partial charge is 0.416 e. The lowest BCUT2D eigenvalue weighted by Crippen LogP contribution is -2.17. The molecule has 1 N–H and O–H groups in total. The first-order chi connectivity index (χ1) is 17.1. The molecule has 0 atom stereocenters. The summed E-state index contributed by atoms with van der Waals surface area (Å²) in [5.41, 5.74) is -2.38. The molecule has 0 aliphatic rings. The highest BCUT2D eigenvalue weighted by molar-refractivity contribution is 6.04. The Morgan fingerprint density at radius 1 is 0.973 bits per heavy atom. The number of carbonyl (C=O) groups is 1. The van der Waals surface area contributed by atoms with Crippen molar-refractivity contribution in [1.82, 2.24) is 10.0 Å². The van der Waals surface area contributed by atoms with Gasteiger partial charge in [-0.15, -0.1) is 0 Å². The van der Waals surface area contributed by atoms with E-state index in [-0.39, 0.29) is 17.5 Å². The van der Waals surface area contributed by atoms with Gasteiger partial charge in [0.25, 0.3) is 5.91 Å². The van der Waals surface area contributed by atoms with E-state index in [1.54, 1.807) is 19.9 Å². The van der Waals surface area contributed by atoms with Crippen LogP contribution in [0.4, 0.5) is 32.0 Å². The summed E-state index contributed by atoms with van der Waals surface area (Å²) in [5, 5.41) is 14.4. The largest absolute Gasteiger partial charge is 0.758 e. The number of nitrogens with one attached hydrogen (secondary N) is 1. The SMILES string of the molecule is C=C(c1nccc(Oc2ccc(NC(=O)c3cc(C(F)(F)F)cc(C(F)(F)F)c3)cc2C)c1C)N(C)[O-]. The summed E-state index contributed by atoms with van der Waals surface area (Å²) in [5.74, 6) is -0.436. The van der Waals surface area contributed by atoms with Crippen LogP contribution >= 0.6 is 0 Å². The number of carbonyl (C=O) groups excluding carboxylic acids is 1. The molecule has 12 heteroatoms. The number of nitrogens with zero attached hydrogens (tertiary/aromatic N) is 2. The number of anilines is 1. The Balaban J connectivity index is 1.86. The van der Waals surface area contributed by atoms with Crippen LogP contribution in [-0.2, 0) is 12.4 Å². The zero-order valence-corrected chi connectivity index (χ0v) is 19.7. The van der Waals surface area contributed by atoms with Gasteiger partial charge in [-0.25, -0.2) is 0 Å². The van der Waals surface area contributed by atoms with Gasteiger partial charge in [-0.2, -0.15) is 26.3 Å². The molecule has 0 spiro atoms. The van der Waals surface area contributed by atoms with Crippen molar-refractivity contribution in [3.63, 3.8) is 0 Å². The summed E-state index contributed by atoms with van der Waals surface area (Å²) >= 11 is 0. The number of hydrogen-bond acceptors (Lipinski definition) is 5. The van der Waals surface area contributed by atoms with Crippen molar-refractivity contribution in [2.75, 3.05) is 12.4 Å². The van der Waals surface area contributed by atoms with Crippen LogP contribution in [0.2, 0.25) is 0 Å². The van der Waals surface area contributed by atoms with Gasteiger partial charge in [-0.1, -0.05) is 6.58 Å². The number of benzene rings is 2. The first-order valence-electron chi connectivity index (χ1n) is 10.5. The van der Waals surface area contributed by atoms with Gasteiger partial charge in [0.15, 0.2) is 0 Å². The third kappa shape index (κ3) is 6.39. The average Bonchev–Trinajstić information content (AvgIpc) is 2.80. The molecule has 0 saturated carbocycles. The highest BCUT2D eigenvalue weighted by Crippen LogP contribution is 2.37. The Labute approximate surface area is 207 Å². The van der Waals surface area contributed by atoms with Gasteiger partial charge in [-0.3, -0.25) is 9.78 Å². The zero-order valence-electron chi connectivity index (χ0n) is 19.7. The molecule has 3 rings (SSSR count). The van der Waals surface area contributed by atoms with E-state index in [2.05, 4.69) is 16.9 Å². The van der Waals surface area contributed by atoms with E-state index in [0.717, 1.165) is 0 Å². The Kier molecular flexibility index (Phi) is 7.54. The van der Waals surface area contributed by atoms with Crippen molar-refractivity contribution in [1.29, 1.82) is 0 Å². The van der Waals surface area contributed by atoms with Crippen LogP contribution in [0.15, 0.2) is 55.2 Å². The van der Waals surface area contributed by atoms with E-state index in [1.807, 2.05) is 0 Å². The molecule has 37 heavy (non-hydrogen) atoms. The van der Waals surface area contributed by atoms with Crippen LogP contribution in [0, 0.1) is 19.1 Å². The molecule has 1 amide bonds. The number of pyridine rings is 1. The molecule has 1 aromatic heterocycles. The molecule has 0 bridgehead atoms. The van der Waals surface area contributed by atoms with Crippen molar-refractivity contribution in [3.05, 3.63) is 94.0 Å². The normalized spacial score (nSPS) is 11.7. The fraction of sp³-hybridized carbons (Fsp3) is 0.200. The van der Waals surface area contributed by atoms with Crippen LogP contribution in [0.1, 0.15) is 38.3 Å². The Hall–Kier alpha value is -4.06. The van der Waals surface area contributed by atoms with Crippen LogP contribution in [-0.4, -0.2) is 23.0 Å². The Morgan fingerprint density at radius 2 is 1.57 bits per heavy atom. The molecule has 0 aliphatic heterocycles. The van der Waals surface area contributed by atoms with Crippen molar-refractivity contribution < 1.29 is 35.9 Å². The molecule has 6 nitrogen and oxygen atoms in total. The maximum Gasteiger partial charge on any atom is 0.416 e. The number of hydrogen-bond donors (Lipinski definition) is 1. The van der Waals surface area contributed by atoms with E-state index < -0.39 is 35.0 Å². The minimum absolute atomic E-state index is 0.0516. The van der Waals surface area contributed by atoms with E-state index >= 15 is 0 Å². The van der Waals surface area contributed by atoms with Gasteiger partial charge in [0.2, 0.25) is 0 Å². The van der Waals surface area contributed by atoms with Crippen molar-refractivity contribution in [2.45, 2.75) is 26.2 Å². The third-order valence-corrected chi connectivity index (χ3v) is 5.31. The molecule has 0 radical (unpaired) electrons. The second-order valence-corrected chi connectivity index (χ2v) is 8.06. The quantitative estimate of drug-likeness (QED) is 0.273. The van der Waals surface area contributed by atoms with Gasteiger partial charge in [-0.05, 0) is 68.9 Å². The lowest BCUT2D eigenvalue weighted by molar-refractivity contribution is -0.143. The number of halogens is 6. The Morgan fingerprint density at radius 3 is 2.08 bits per heavy atom. The highest BCUT2D eigenvalue weighted by atomic mass is 19.4. The van der Waals surface area contributed by atoms with Gasteiger partial charge >= 0.3 is 12.4 Å². The molecular formula is C25H20F6N3O3-. The molecule has 0 saturated heterocycles. The van der Waals surface area contributed by atoms with E-state index in [0.29, 0.717) is 45.5 Å². The second-order valence-electron chi connectivity index (χ2n) is 8.06. The van der Waals surface area contributed by atoms with E-state index in [9.17, 15) is 36.3 Å². The van der Waals surface area contributed by atoms with E-state index in [1.165, 1.54) is 31.4 Å². The predicted octanol–water partition coefficient (Wildman–Crippen LogP) is 7.18. The third-order valence-electron chi connectivity index (χ3n) is 5.31. The topological polar surface area (TPSA) is 77.5 Å². The van der Waals surface area contributed by atoms with Gasteiger partial charge in [0.05, 0.1) is 16.8 Å². The van der Waals surface area contributed by atoms with Gasteiger partial charge in [0.1, 0.15) is 11.5 Å². The summed E-state index contributed by atoms with van der Waals surface area (Å²) in [6.45, 7) is 6.99. The summed E-state index contributed by atoms with van der Waals surface area (Å²) in [4.78, 5) is 16.7. The van der Waals surface area contributed by atoms with Crippen LogP contribution in [0.5, 0.6) is 11.5 Å². The monoisotopic (exact) mass is 524 g/mol. The number of rotatable bonds is 6. The van der Waals surface area contributed by atoms with Crippen molar-refractivity contribution >= 4 is 17.3 Å². The van der Waals surface area contributed by atoms with Crippen molar-refractivity contribution in [3.8, 4) is 11.5 Å². The fourth-order valence-electron chi connectivity index (χ4n) is 3.32. The van der Waals surface area contributed by atoms with Crippen LogP contribution in [0.3, 0.4) is 0 Å². The lowest BCUT2D eigenvalue weighted by atomic mass is 10.0. The van der Waals surface area contributed by atoms with Crippen molar-refractivity contribution in [2.24, 2.45) is 0 Å². The van der Waals surface area contributed by atoms with Crippen LogP contribution in [0.25, 0.3) is 5.70 Å². The molecule has 196 valence electrons. The molecule has 0 unspecified atom stereocenters. The molecule has 0 fully saturated rings. The standard InChI is InChI=1S/C25H20F6N3O3/c1-13-9-19(5-6-20(13)37-21-7-8-32-22(14(21)2)15(3)34(4)36)33-23(35)16-10-17(24(26,27)28)12-18(11-16)25(29,30)31/h5-12H,3H2,1-2,4H3,(H,33,35)/q-1. The molecular weight excluding hydrogens is 504 g/mol. The fourth-order valence-corrected chi connectivity index (χ4v) is 3.32. The first kappa shape index (κ1) is 27.5. The number of aryl methyl sites for hydroxylation is 1. The predicted molar refractivity (Wildman–Crippen MR) is 125 cm³/mol. The molecule has 3 aromatic rings.